The molecule has 4 rings (SSSR count). The lowest BCUT2D eigenvalue weighted by molar-refractivity contribution is -0.133. The molecule has 0 radical (unpaired) electrons. The highest BCUT2D eigenvalue weighted by Crippen LogP contribution is 2.36. The highest BCUT2D eigenvalue weighted by atomic mass is 16.2. The molecule has 1 aromatic heterocycles. The fraction of sp³-hybridized carbons (Fsp3) is 0.308. The van der Waals surface area contributed by atoms with E-state index in [-0.39, 0.29) is 11.8 Å². The van der Waals surface area contributed by atoms with Crippen molar-refractivity contribution < 1.29 is 9.59 Å². The molecular formula is C26H28N4O2. The van der Waals surface area contributed by atoms with Crippen LogP contribution in [0.4, 0.5) is 0 Å². The Morgan fingerprint density at radius 2 is 1.66 bits per heavy atom. The summed E-state index contributed by atoms with van der Waals surface area (Å²) in [6.07, 6.45) is 6.45. The maximum atomic E-state index is 13.1. The zero-order chi connectivity index (χ0) is 22.4. The van der Waals surface area contributed by atoms with Gasteiger partial charge in [-0.2, -0.15) is 0 Å². The van der Waals surface area contributed by atoms with Gasteiger partial charge in [0, 0.05) is 32.0 Å². The molecule has 1 aliphatic heterocycles. The van der Waals surface area contributed by atoms with Crippen molar-refractivity contribution in [3.8, 4) is 11.1 Å². The van der Waals surface area contributed by atoms with Crippen LogP contribution in [0.25, 0.3) is 11.1 Å². The van der Waals surface area contributed by atoms with Crippen LogP contribution in [0.15, 0.2) is 73.2 Å². The number of nitrogens with zero attached hydrogens (tertiary/aromatic N) is 3. The van der Waals surface area contributed by atoms with Crippen LogP contribution in [0, 0.1) is 5.41 Å². The number of piperidine rings is 1. The van der Waals surface area contributed by atoms with Gasteiger partial charge < -0.3 is 10.2 Å². The van der Waals surface area contributed by atoms with Gasteiger partial charge in [0.05, 0.1) is 11.6 Å². The molecule has 0 spiro atoms. The van der Waals surface area contributed by atoms with E-state index < -0.39 is 5.41 Å². The van der Waals surface area contributed by atoms with Gasteiger partial charge in [0.1, 0.15) is 5.69 Å². The standard InChI is InChI=1S/C26H28N4O2/c1-2-28-25(32)26(12-16-30(17-13-26)24(31)23-19-27-14-15-29-23)18-20-8-10-22(11-9-20)21-6-4-3-5-7-21/h3-11,14-15,19H,2,12-13,16-18H2,1H3,(H,28,32). The molecular weight excluding hydrogens is 400 g/mol. The average molecular weight is 429 g/mol. The smallest absolute Gasteiger partial charge is 0.274 e. The predicted molar refractivity (Wildman–Crippen MR) is 124 cm³/mol. The molecule has 6 heteroatoms. The first-order valence-electron chi connectivity index (χ1n) is 11.1. The van der Waals surface area contributed by atoms with Crippen molar-refractivity contribution in [3.63, 3.8) is 0 Å². The van der Waals surface area contributed by atoms with Crippen molar-refractivity contribution in [2.24, 2.45) is 5.41 Å². The predicted octanol–water partition coefficient (Wildman–Crippen LogP) is 3.74. The van der Waals surface area contributed by atoms with Gasteiger partial charge in [-0.15, -0.1) is 0 Å². The quantitative estimate of drug-likeness (QED) is 0.649. The minimum Gasteiger partial charge on any atom is -0.356 e. The lowest BCUT2D eigenvalue weighted by Crippen LogP contribution is -2.51. The zero-order valence-electron chi connectivity index (χ0n) is 18.3. The highest BCUT2D eigenvalue weighted by molar-refractivity contribution is 5.92. The molecule has 0 saturated carbocycles. The molecule has 1 N–H and O–H groups in total. The third kappa shape index (κ3) is 4.69. The topological polar surface area (TPSA) is 75.2 Å². The van der Waals surface area contributed by atoms with E-state index in [1.54, 1.807) is 11.1 Å². The maximum Gasteiger partial charge on any atom is 0.274 e. The molecule has 1 fully saturated rings. The molecule has 3 aromatic rings. The summed E-state index contributed by atoms with van der Waals surface area (Å²) >= 11 is 0. The largest absolute Gasteiger partial charge is 0.356 e. The van der Waals surface area contributed by atoms with Crippen LogP contribution in [-0.4, -0.2) is 46.3 Å². The summed E-state index contributed by atoms with van der Waals surface area (Å²) in [5, 5.41) is 3.02. The second-order valence-electron chi connectivity index (χ2n) is 8.26. The summed E-state index contributed by atoms with van der Waals surface area (Å²) in [7, 11) is 0. The van der Waals surface area contributed by atoms with Gasteiger partial charge in [0.2, 0.25) is 5.91 Å². The Morgan fingerprint density at radius 3 is 2.28 bits per heavy atom. The summed E-state index contributed by atoms with van der Waals surface area (Å²) in [6, 6.07) is 18.7. The van der Waals surface area contributed by atoms with Crippen molar-refractivity contribution in [2.45, 2.75) is 26.2 Å². The lowest BCUT2D eigenvalue weighted by atomic mass is 9.72. The van der Waals surface area contributed by atoms with Crippen molar-refractivity contribution >= 4 is 11.8 Å². The lowest BCUT2D eigenvalue weighted by Gasteiger charge is -2.40. The molecule has 0 unspecified atom stereocenters. The summed E-state index contributed by atoms with van der Waals surface area (Å²) in [6.45, 7) is 3.58. The van der Waals surface area contributed by atoms with Crippen molar-refractivity contribution in [1.82, 2.24) is 20.2 Å². The fourth-order valence-corrected chi connectivity index (χ4v) is 4.38. The van der Waals surface area contributed by atoms with E-state index in [1.165, 1.54) is 18.0 Å². The number of hydrogen-bond donors (Lipinski definition) is 1. The third-order valence-electron chi connectivity index (χ3n) is 6.21. The third-order valence-corrected chi connectivity index (χ3v) is 6.21. The normalized spacial score (nSPS) is 15.2. The van der Waals surface area contributed by atoms with Gasteiger partial charge in [-0.25, -0.2) is 4.98 Å². The molecule has 0 atom stereocenters. The molecule has 6 nitrogen and oxygen atoms in total. The SMILES string of the molecule is CCNC(=O)C1(Cc2ccc(-c3ccccc3)cc2)CCN(C(=O)c2cnccn2)CC1. The first-order chi connectivity index (χ1) is 15.6. The minimum absolute atomic E-state index is 0.0683. The van der Waals surface area contributed by atoms with Crippen LogP contribution in [0.1, 0.15) is 35.8 Å². The highest BCUT2D eigenvalue weighted by Gasteiger charge is 2.42. The van der Waals surface area contributed by atoms with E-state index in [9.17, 15) is 9.59 Å². The average Bonchev–Trinajstić information content (AvgIpc) is 2.86. The van der Waals surface area contributed by atoms with Crippen LogP contribution < -0.4 is 5.32 Å². The molecule has 0 aliphatic carbocycles. The first-order valence-corrected chi connectivity index (χ1v) is 11.1. The number of rotatable bonds is 6. The molecule has 2 aromatic carbocycles. The molecule has 2 heterocycles. The van der Waals surface area contributed by atoms with E-state index in [2.05, 4.69) is 51.7 Å². The van der Waals surface area contributed by atoms with Gasteiger partial charge in [-0.05, 0) is 42.9 Å². The second-order valence-corrected chi connectivity index (χ2v) is 8.26. The van der Waals surface area contributed by atoms with E-state index >= 15 is 0 Å². The van der Waals surface area contributed by atoms with Gasteiger partial charge >= 0.3 is 0 Å². The summed E-state index contributed by atoms with van der Waals surface area (Å²) in [5.74, 6) is -0.0615. The van der Waals surface area contributed by atoms with Crippen LogP contribution in [0.5, 0.6) is 0 Å². The summed E-state index contributed by atoms with van der Waals surface area (Å²) < 4.78 is 0. The molecule has 1 aliphatic rings. The van der Waals surface area contributed by atoms with Gasteiger partial charge in [0.25, 0.3) is 5.91 Å². The van der Waals surface area contributed by atoms with E-state index in [1.807, 2.05) is 25.1 Å². The fourth-order valence-electron chi connectivity index (χ4n) is 4.38. The number of aromatic nitrogens is 2. The van der Waals surface area contributed by atoms with Gasteiger partial charge in [-0.3, -0.25) is 14.6 Å². The summed E-state index contributed by atoms with van der Waals surface area (Å²) in [5.41, 5.74) is 3.28. The number of likely N-dealkylation sites (tertiary alicyclic amines) is 1. The van der Waals surface area contributed by atoms with Crippen molar-refractivity contribution in [3.05, 3.63) is 84.4 Å². The van der Waals surface area contributed by atoms with Gasteiger partial charge in [0.15, 0.2) is 0 Å². The number of hydrogen-bond acceptors (Lipinski definition) is 4. The Labute approximate surface area is 188 Å². The molecule has 164 valence electrons. The molecule has 0 bridgehead atoms. The van der Waals surface area contributed by atoms with Crippen LogP contribution in [-0.2, 0) is 11.2 Å². The van der Waals surface area contributed by atoms with Crippen molar-refractivity contribution in [1.29, 1.82) is 0 Å². The number of carbonyl (C=O) groups is 2. The maximum absolute atomic E-state index is 13.1. The molecule has 2 amide bonds. The Balaban J connectivity index is 1.49. The number of nitrogens with one attached hydrogen (secondary N) is 1. The number of amides is 2. The number of benzene rings is 2. The van der Waals surface area contributed by atoms with Crippen LogP contribution >= 0.6 is 0 Å². The van der Waals surface area contributed by atoms with Crippen molar-refractivity contribution in [2.75, 3.05) is 19.6 Å². The zero-order valence-corrected chi connectivity index (χ0v) is 18.3. The molecule has 1 saturated heterocycles. The number of carbonyl (C=O) groups excluding carboxylic acids is 2. The minimum atomic E-state index is -0.524. The second kappa shape index (κ2) is 9.73. The van der Waals surface area contributed by atoms with E-state index in [4.69, 9.17) is 0 Å². The monoisotopic (exact) mass is 428 g/mol. The van der Waals surface area contributed by atoms with Crippen LogP contribution in [0.3, 0.4) is 0 Å². The Kier molecular flexibility index (Phi) is 6.59. The summed E-state index contributed by atoms with van der Waals surface area (Å²) in [4.78, 5) is 35.8. The Bertz CT molecular complexity index is 1040. The van der Waals surface area contributed by atoms with E-state index in [0.717, 1.165) is 11.1 Å². The van der Waals surface area contributed by atoms with E-state index in [0.29, 0.717) is 44.6 Å². The Morgan fingerprint density at radius 1 is 0.969 bits per heavy atom. The Hall–Kier alpha value is -3.54. The molecule has 32 heavy (non-hydrogen) atoms. The van der Waals surface area contributed by atoms with Crippen LogP contribution in [0.2, 0.25) is 0 Å². The first kappa shape index (κ1) is 21.7. The van der Waals surface area contributed by atoms with Gasteiger partial charge in [-0.1, -0.05) is 54.6 Å².